The highest BCUT2D eigenvalue weighted by atomic mass is 32.2. The molecule has 2 rings (SSSR count). The molecule has 0 aliphatic carbocycles. The van der Waals surface area contributed by atoms with Gasteiger partial charge in [0.05, 0.1) is 4.91 Å². The van der Waals surface area contributed by atoms with Gasteiger partial charge in [-0.25, -0.2) is 0 Å². The van der Waals surface area contributed by atoms with E-state index < -0.39 is 0 Å². The van der Waals surface area contributed by atoms with Crippen LogP contribution in [0.1, 0.15) is 5.56 Å². The van der Waals surface area contributed by atoms with Crippen LogP contribution in [0.25, 0.3) is 6.08 Å². The number of aromatic nitrogens is 1. The van der Waals surface area contributed by atoms with Crippen LogP contribution in [-0.2, 0) is 0 Å². The van der Waals surface area contributed by atoms with Gasteiger partial charge in [0.25, 0.3) is 5.24 Å². The average Bonchev–Trinajstić information content (AvgIpc) is 2.47. The Morgan fingerprint density at radius 3 is 2.71 bits per heavy atom. The number of carbonyl (C=O) groups excluding carboxylic acids is 1. The van der Waals surface area contributed by atoms with Gasteiger partial charge in [0.2, 0.25) is 0 Å². The van der Waals surface area contributed by atoms with Crippen LogP contribution in [0.3, 0.4) is 0 Å². The molecule has 0 spiro atoms. The van der Waals surface area contributed by atoms with Crippen molar-refractivity contribution in [1.29, 1.82) is 0 Å². The minimum absolute atomic E-state index is 0.115. The van der Waals surface area contributed by atoms with Crippen LogP contribution >= 0.6 is 24.0 Å². The van der Waals surface area contributed by atoms with Gasteiger partial charge in [-0.1, -0.05) is 12.2 Å². The van der Waals surface area contributed by atoms with E-state index in [1.54, 1.807) is 12.4 Å². The van der Waals surface area contributed by atoms with Crippen LogP contribution in [0.2, 0.25) is 0 Å². The predicted molar refractivity (Wildman–Crippen MR) is 60.9 cm³/mol. The summed E-state index contributed by atoms with van der Waals surface area (Å²) in [5.74, 6) is 0. The van der Waals surface area contributed by atoms with E-state index in [0.717, 1.165) is 22.2 Å². The summed E-state index contributed by atoms with van der Waals surface area (Å²) in [6, 6.07) is 3.72. The lowest BCUT2D eigenvalue weighted by molar-refractivity contribution is 0.265. The van der Waals surface area contributed by atoms with Crippen molar-refractivity contribution in [2.24, 2.45) is 0 Å². The normalized spacial score (nSPS) is 18.7. The topological polar surface area (TPSA) is 42.0 Å². The van der Waals surface area contributed by atoms with Gasteiger partial charge in [-0.3, -0.25) is 9.78 Å². The molecule has 2 heterocycles. The quantitative estimate of drug-likeness (QED) is 0.584. The Bertz CT molecular complexity index is 414. The third-order valence-electron chi connectivity index (χ3n) is 1.65. The van der Waals surface area contributed by atoms with Crippen molar-refractivity contribution >= 4 is 40.3 Å². The van der Waals surface area contributed by atoms with Gasteiger partial charge in [-0.05, 0) is 35.5 Å². The second-order valence-corrected chi connectivity index (χ2v) is 4.06. The summed E-state index contributed by atoms with van der Waals surface area (Å²) >= 11 is 6.10. The number of rotatable bonds is 1. The lowest BCUT2D eigenvalue weighted by Gasteiger charge is -1.94. The summed E-state index contributed by atoms with van der Waals surface area (Å²) in [6.07, 6.45) is 5.27. The van der Waals surface area contributed by atoms with Gasteiger partial charge in [0, 0.05) is 12.4 Å². The fourth-order valence-corrected chi connectivity index (χ4v) is 2.06. The van der Waals surface area contributed by atoms with E-state index in [4.69, 9.17) is 12.2 Å². The average molecular weight is 222 g/mol. The molecule has 1 aliphatic heterocycles. The zero-order valence-electron chi connectivity index (χ0n) is 7.06. The Hall–Kier alpha value is -1.20. The highest BCUT2D eigenvalue weighted by Gasteiger charge is 2.21. The summed E-state index contributed by atoms with van der Waals surface area (Å²) < 4.78 is 0. The van der Waals surface area contributed by atoms with Gasteiger partial charge in [0.1, 0.15) is 4.99 Å². The van der Waals surface area contributed by atoms with Crippen molar-refractivity contribution < 1.29 is 4.79 Å². The van der Waals surface area contributed by atoms with Crippen LogP contribution in [0.15, 0.2) is 29.4 Å². The second-order valence-electron chi connectivity index (χ2n) is 2.63. The molecule has 5 heteroatoms. The van der Waals surface area contributed by atoms with Crippen LogP contribution in [0.4, 0.5) is 4.79 Å². The Kier molecular flexibility index (Phi) is 2.60. The number of nitrogens with zero attached hydrogens (tertiary/aromatic N) is 1. The number of pyridine rings is 1. The first-order valence-electron chi connectivity index (χ1n) is 3.90. The molecule has 1 amide bonds. The van der Waals surface area contributed by atoms with E-state index in [9.17, 15) is 4.79 Å². The van der Waals surface area contributed by atoms with Crippen LogP contribution in [0.5, 0.6) is 0 Å². The fourth-order valence-electron chi connectivity index (χ4n) is 1.03. The van der Waals surface area contributed by atoms with E-state index in [2.05, 4.69) is 10.3 Å². The number of thioether (sulfide) groups is 1. The van der Waals surface area contributed by atoms with Gasteiger partial charge in [-0.2, -0.15) is 0 Å². The number of hydrogen-bond acceptors (Lipinski definition) is 4. The van der Waals surface area contributed by atoms with Gasteiger partial charge < -0.3 is 5.32 Å². The summed E-state index contributed by atoms with van der Waals surface area (Å²) in [7, 11) is 0. The second kappa shape index (κ2) is 3.89. The van der Waals surface area contributed by atoms with Gasteiger partial charge >= 0.3 is 0 Å². The van der Waals surface area contributed by atoms with Crippen LogP contribution in [-0.4, -0.2) is 15.2 Å². The molecule has 1 aromatic rings. The number of nitrogens with one attached hydrogen (secondary N) is 1. The van der Waals surface area contributed by atoms with Crippen molar-refractivity contribution in [3.05, 3.63) is 35.0 Å². The Balaban J connectivity index is 2.28. The molecule has 0 radical (unpaired) electrons. The molecule has 0 unspecified atom stereocenters. The molecule has 14 heavy (non-hydrogen) atoms. The summed E-state index contributed by atoms with van der Waals surface area (Å²) in [6.45, 7) is 0. The Morgan fingerprint density at radius 1 is 1.43 bits per heavy atom. The van der Waals surface area contributed by atoms with Crippen molar-refractivity contribution in [2.45, 2.75) is 0 Å². The van der Waals surface area contributed by atoms with Crippen LogP contribution < -0.4 is 5.32 Å². The van der Waals surface area contributed by atoms with Crippen molar-refractivity contribution in [1.82, 2.24) is 10.3 Å². The first kappa shape index (κ1) is 9.36. The highest BCUT2D eigenvalue weighted by Crippen LogP contribution is 2.26. The molecule has 0 aromatic carbocycles. The number of carbonyl (C=O) groups is 1. The minimum Gasteiger partial charge on any atom is -0.307 e. The zero-order chi connectivity index (χ0) is 9.97. The summed E-state index contributed by atoms with van der Waals surface area (Å²) in [5.41, 5.74) is 0.987. The maximum absolute atomic E-state index is 11.0. The maximum atomic E-state index is 11.0. The van der Waals surface area contributed by atoms with E-state index in [0.29, 0.717) is 4.99 Å². The minimum atomic E-state index is -0.115. The SMILES string of the molecule is O=C1NC(=S)C(=Cc2ccncc2)S1. The maximum Gasteiger partial charge on any atom is 0.289 e. The molecule has 70 valence electrons. The summed E-state index contributed by atoms with van der Waals surface area (Å²) in [4.78, 5) is 16.2. The van der Waals surface area contributed by atoms with E-state index >= 15 is 0 Å². The molecular formula is C9H6N2OS2. The lowest BCUT2D eigenvalue weighted by atomic mass is 10.2. The summed E-state index contributed by atoms with van der Waals surface area (Å²) in [5, 5.41) is 2.44. The Labute approximate surface area is 90.6 Å². The predicted octanol–water partition coefficient (Wildman–Crippen LogP) is 2.21. The Morgan fingerprint density at radius 2 is 2.14 bits per heavy atom. The first-order valence-corrected chi connectivity index (χ1v) is 5.13. The fraction of sp³-hybridized carbons (Fsp3) is 0. The molecule has 1 aliphatic rings. The van der Waals surface area contributed by atoms with Crippen LogP contribution in [0, 0.1) is 0 Å². The molecule has 0 atom stereocenters. The van der Waals surface area contributed by atoms with E-state index in [-0.39, 0.29) is 5.24 Å². The first-order chi connectivity index (χ1) is 6.75. The number of thiocarbonyl (C=S) groups is 1. The zero-order valence-corrected chi connectivity index (χ0v) is 8.69. The van der Waals surface area contributed by atoms with Crippen molar-refractivity contribution in [3.8, 4) is 0 Å². The third kappa shape index (κ3) is 2.00. The van der Waals surface area contributed by atoms with E-state index in [1.165, 1.54) is 0 Å². The van der Waals surface area contributed by atoms with Gasteiger partial charge in [-0.15, -0.1) is 0 Å². The molecule has 1 fully saturated rings. The van der Waals surface area contributed by atoms with Gasteiger partial charge in [0.15, 0.2) is 0 Å². The molecule has 1 N–H and O–H groups in total. The monoisotopic (exact) mass is 222 g/mol. The molecule has 1 aromatic heterocycles. The molecule has 3 nitrogen and oxygen atoms in total. The molecule has 1 saturated heterocycles. The molecule has 0 bridgehead atoms. The van der Waals surface area contributed by atoms with E-state index in [1.807, 2.05) is 18.2 Å². The smallest absolute Gasteiger partial charge is 0.289 e. The van der Waals surface area contributed by atoms with Crippen molar-refractivity contribution in [3.63, 3.8) is 0 Å². The standard InChI is InChI=1S/C9H6N2OS2/c12-9-11-8(13)7(14-9)5-6-1-3-10-4-2-6/h1-5H,(H,11,12,13). The molecular weight excluding hydrogens is 216 g/mol. The third-order valence-corrected chi connectivity index (χ3v) is 2.93. The highest BCUT2D eigenvalue weighted by molar-refractivity contribution is 8.19. The number of amides is 1. The van der Waals surface area contributed by atoms with Crippen molar-refractivity contribution in [2.75, 3.05) is 0 Å². The number of hydrogen-bond donors (Lipinski definition) is 1. The lowest BCUT2D eigenvalue weighted by Crippen LogP contribution is -2.15. The largest absolute Gasteiger partial charge is 0.307 e. The molecule has 0 saturated carbocycles.